The Bertz CT molecular complexity index is 807. The van der Waals surface area contributed by atoms with Crippen LogP contribution in [0.1, 0.15) is 103 Å². The fourth-order valence-corrected chi connectivity index (χ4v) is 5.02. The first kappa shape index (κ1) is 27.0. The zero-order valence-corrected chi connectivity index (χ0v) is 22.9. The smallest absolute Gasteiger partial charge is 0.410 e. The number of hydrogen-bond donors (Lipinski definition) is 0. The molecular formula is C27H48N4O3. The summed E-state index contributed by atoms with van der Waals surface area (Å²) < 4.78 is 13.6. The molecule has 2 heterocycles. The van der Waals surface area contributed by atoms with Gasteiger partial charge in [0.05, 0.1) is 5.69 Å². The molecule has 3 atom stereocenters. The van der Waals surface area contributed by atoms with Gasteiger partial charge in [0.2, 0.25) is 0 Å². The van der Waals surface area contributed by atoms with E-state index in [0.29, 0.717) is 23.8 Å². The molecule has 7 nitrogen and oxygen atoms in total. The van der Waals surface area contributed by atoms with E-state index in [9.17, 15) is 4.79 Å². The van der Waals surface area contributed by atoms with E-state index < -0.39 is 5.60 Å². The number of likely N-dealkylation sites (N-methyl/N-ethyl adjacent to an activating group) is 2. The van der Waals surface area contributed by atoms with Crippen LogP contribution in [0.15, 0.2) is 6.20 Å². The van der Waals surface area contributed by atoms with E-state index in [1.807, 2.05) is 20.8 Å². The summed E-state index contributed by atoms with van der Waals surface area (Å²) in [6.45, 7) is 15.9. The third-order valence-electron chi connectivity index (χ3n) is 7.75. The second-order valence-electron chi connectivity index (χ2n) is 12.3. The van der Waals surface area contributed by atoms with Crippen molar-refractivity contribution in [3.63, 3.8) is 0 Å². The predicted molar refractivity (Wildman–Crippen MR) is 136 cm³/mol. The molecule has 2 fully saturated rings. The highest BCUT2D eigenvalue weighted by molar-refractivity contribution is 5.67. The lowest BCUT2D eigenvalue weighted by molar-refractivity contribution is -0.0399. The van der Waals surface area contributed by atoms with Crippen LogP contribution in [0, 0.1) is 11.3 Å². The third-order valence-corrected chi connectivity index (χ3v) is 7.75. The average Bonchev–Trinajstić information content (AvgIpc) is 3.17. The molecule has 1 aromatic heterocycles. The zero-order valence-electron chi connectivity index (χ0n) is 22.9. The lowest BCUT2D eigenvalue weighted by atomic mass is 9.65. The van der Waals surface area contributed by atoms with Crippen LogP contribution in [-0.4, -0.2) is 65.1 Å². The summed E-state index contributed by atoms with van der Waals surface area (Å²) in [5, 5.41) is 5.14. The Morgan fingerprint density at radius 3 is 2.59 bits per heavy atom. The summed E-state index contributed by atoms with van der Waals surface area (Å²) in [7, 11) is 3.92. The van der Waals surface area contributed by atoms with E-state index in [1.54, 1.807) is 11.9 Å². The molecule has 1 aliphatic heterocycles. The number of nitrogens with zero attached hydrogens (tertiary/aromatic N) is 4. The molecule has 1 saturated heterocycles. The SMILES string of the molecule is C[C@@H]1CC(c2nn(C3CCCCO3)cc2CN(C)CCN(C)C(=O)OC(C)(C)C)CCC1(C)C. The molecule has 0 bridgehead atoms. The van der Waals surface area contributed by atoms with Gasteiger partial charge in [-0.3, -0.25) is 0 Å². The van der Waals surface area contributed by atoms with Gasteiger partial charge in [-0.2, -0.15) is 5.10 Å². The highest BCUT2D eigenvalue weighted by Crippen LogP contribution is 2.46. The minimum Gasteiger partial charge on any atom is -0.444 e. The molecule has 0 aromatic carbocycles. The maximum absolute atomic E-state index is 12.3. The molecule has 1 saturated carbocycles. The largest absolute Gasteiger partial charge is 0.444 e. The summed E-state index contributed by atoms with van der Waals surface area (Å²) in [5.41, 5.74) is 2.47. The van der Waals surface area contributed by atoms with Gasteiger partial charge in [-0.1, -0.05) is 20.8 Å². The highest BCUT2D eigenvalue weighted by Gasteiger charge is 2.36. The topological polar surface area (TPSA) is 59.8 Å². The Kier molecular flexibility index (Phi) is 8.72. The quantitative estimate of drug-likeness (QED) is 0.497. The fourth-order valence-electron chi connectivity index (χ4n) is 5.02. The van der Waals surface area contributed by atoms with Crippen molar-refractivity contribution < 1.29 is 14.3 Å². The summed E-state index contributed by atoms with van der Waals surface area (Å²) >= 11 is 0. The Labute approximate surface area is 207 Å². The van der Waals surface area contributed by atoms with Gasteiger partial charge < -0.3 is 19.3 Å². The second kappa shape index (κ2) is 11.0. The summed E-state index contributed by atoms with van der Waals surface area (Å²) in [6.07, 6.45) is 8.99. The number of carbonyl (C=O) groups is 1. The first-order valence-electron chi connectivity index (χ1n) is 13.2. The van der Waals surface area contributed by atoms with E-state index in [4.69, 9.17) is 14.6 Å². The van der Waals surface area contributed by atoms with E-state index in [0.717, 1.165) is 32.5 Å². The molecule has 34 heavy (non-hydrogen) atoms. The molecule has 2 unspecified atom stereocenters. The molecular weight excluding hydrogens is 428 g/mol. The van der Waals surface area contributed by atoms with Gasteiger partial charge in [-0.25, -0.2) is 9.48 Å². The van der Waals surface area contributed by atoms with Crippen molar-refractivity contribution in [3.8, 4) is 0 Å². The van der Waals surface area contributed by atoms with Gasteiger partial charge in [0.25, 0.3) is 0 Å². The second-order valence-corrected chi connectivity index (χ2v) is 12.3. The van der Waals surface area contributed by atoms with Crippen molar-refractivity contribution in [2.45, 2.75) is 104 Å². The fraction of sp³-hybridized carbons (Fsp3) is 0.852. The van der Waals surface area contributed by atoms with E-state index in [-0.39, 0.29) is 12.3 Å². The van der Waals surface area contributed by atoms with Gasteiger partial charge in [0, 0.05) is 51.0 Å². The van der Waals surface area contributed by atoms with Crippen LogP contribution >= 0.6 is 0 Å². The molecule has 0 N–H and O–H groups in total. The maximum Gasteiger partial charge on any atom is 0.410 e. The Hall–Kier alpha value is -1.60. The summed E-state index contributed by atoms with van der Waals surface area (Å²) in [5.74, 6) is 1.18. The third kappa shape index (κ3) is 7.20. The van der Waals surface area contributed by atoms with Crippen molar-refractivity contribution in [1.82, 2.24) is 19.6 Å². The number of amides is 1. The van der Waals surface area contributed by atoms with Crippen molar-refractivity contribution in [2.24, 2.45) is 11.3 Å². The molecule has 1 aromatic rings. The monoisotopic (exact) mass is 476 g/mol. The van der Waals surface area contributed by atoms with Crippen LogP contribution in [0.4, 0.5) is 4.79 Å². The average molecular weight is 477 g/mol. The Balaban J connectivity index is 1.69. The van der Waals surface area contributed by atoms with Crippen molar-refractivity contribution in [1.29, 1.82) is 0 Å². The van der Waals surface area contributed by atoms with E-state index in [2.05, 4.69) is 43.6 Å². The predicted octanol–water partition coefficient (Wildman–Crippen LogP) is 5.81. The van der Waals surface area contributed by atoms with Crippen LogP contribution in [0.25, 0.3) is 0 Å². The highest BCUT2D eigenvalue weighted by atomic mass is 16.6. The normalized spacial score (nSPS) is 25.4. The Morgan fingerprint density at radius 2 is 1.97 bits per heavy atom. The van der Waals surface area contributed by atoms with E-state index in [1.165, 1.54) is 36.9 Å². The van der Waals surface area contributed by atoms with Gasteiger partial charge in [0.1, 0.15) is 11.8 Å². The van der Waals surface area contributed by atoms with Gasteiger partial charge >= 0.3 is 6.09 Å². The minimum atomic E-state index is -0.479. The molecule has 1 aliphatic carbocycles. The van der Waals surface area contributed by atoms with Gasteiger partial charge in [-0.15, -0.1) is 0 Å². The van der Waals surface area contributed by atoms with Crippen LogP contribution in [-0.2, 0) is 16.0 Å². The minimum absolute atomic E-state index is 0.0577. The first-order valence-corrected chi connectivity index (χ1v) is 13.2. The standard InChI is InChI=1S/C27H48N4O3/c1-20-17-21(12-13-27(20,5)6)24-22(19-31(28-24)23-11-9-10-16-33-23)18-29(7)14-15-30(8)25(32)34-26(2,3)4/h19-21,23H,9-18H2,1-8H3/t20-,21?,23?/m1/s1. The molecule has 0 radical (unpaired) electrons. The van der Waals surface area contributed by atoms with Crippen LogP contribution < -0.4 is 0 Å². The summed E-state index contributed by atoms with van der Waals surface area (Å²) in [4.78, 5) is 16.3. The lowest BCUT2D eigenvalue weighted by Gasteiger charge is -2.40. The molecule has 2 aliphatic rings. The van der Waals surface area contributed by atoms with Gasteiger partial charge in [-0.05, 0) is 77.7 Å². The molecule has 194 valence electrons. The van der Waals surface area contributed by atoms with Crippen molar-refractivity contribution >= 4 is 6.09 Å². The van der Waals surface area contributed by atoms with Crippen molar-refractivity contribution in [2.75, 3.05) is 33.8 Å². The number of hydrogen-bond acceptors (Lipinski definition) is 5. The number of aromatic nitrogens is 2. The first-order chi connectivity index (χ1) is 15.9. The summed E-state index contributed by atoms with van der Waals surface area (Å²) in [6, 6.07) is 0. The van der Waals surface area contributed by atoms with Crippen molar-refractivity contribution in [3.05, 3.63) is 17.5 Å². The Morgan fingerprint density at radius 1 is 1.24 bits per heavy atom. The number of rotatable bonds is 7. The molecule has 0 spiro atoms. The van der Waals surface area contributed by atoms with Gasteiger partial charge in [0.15, 0.2) is 0 Å². The number of ether oxygens (including phenoxy) is 2. The molecule has 3 rings (SSSR count). The van der Waals surface area contributed by atoms with E-state index >= 15 is 0 Å². The van der Waals surface area contributed by atoms with Crippen LogP contribution in [0.2, 0.25) is 0 Å². The molecule has 1 amide bonds. The van der Waals surface area contributed by atoms with Crippen LogP contribution in [0.3, 0.4) is 0 Å². The molecule has 7 heteroatoms. The van der Waals surface area contributed by atoms with Crippen LogP contribution in [0.5, 0.6) is 0 Å². The maximum atomic E-state index is 12.3. The number of carbonyl (C=O) groups excluding carboxylic acids is 1. The zero-order chi connectivity index (χ0) is 25.1. The lowest BCUT2D eigenvalue weighted by Crippen LogP contribution is -2.38.